The van der Waals surface area contributed by atoms with Crippen molar-refractivity contribution in [1.82, 2.24) is 0 Å². The van der Waals surface area contributed by atoms with Gasteiger partial charge >= 0.3 is 0 Å². The van der Waals surface area contributed by atoms with E-state index in [1.54, 1.807) is 0 Å². The number of carbonyl (C=O) groups excluding carboxylic acids is 1. The van der Waals surface area contributed by atoms with Crippen LogP contribution in [0.25, 0.3) is 12.2 Å². The van der Waals surface area contributed by atoms with E-state index < -0.39 is 0 Å². The number of amides is 1. The number of carbonyl (C=O) groups is 1. The molecule has 2 nitrogen and oxygen atoms in total. The van der Waals surface area contributed by atoms with Crippen LogP contribution in [0, 0.1) is 6.92 Å². The molecule has 0 unspecified atom stereocenters. The minimum atomic E-state index is -0.0528. The van der Waals surface area contributed by atoms with Gasteiger partial charge in [-0.15, -0.1) is 0 Å². The number of nitrogens with one attached hydrogen (secondary N) is 1. The zero-order chi connectivity index (χ0) is 13.7. The Bertz CT molecular complexity index is 580. The maximum Gasteiger partial charge on any atom is 0.221 e. The number of hydrogen-bond acceptors (Lipinski definition) is 1. The summed E-state index contributed by atoms with van der Waals surface area (Å²) >= 11 is 0. The first kappa shape index (κ1) is 13.1. The zero-order valence-electron chi connectivity index (χ0n) is 11.2. The van der Waals surface area contributed by atoms with Gasteiger partial charge in [0.05, 0.1) is 0 Å². The molecule has 0 saturated carbocycles. The summed E-state index contributed by atoms with van der Waals surface area (Å²) in [6.45, 7) is 3.58. The molecule has 19 heavy (non-hydrogen) atoms. The Kier molecular flexibility index (Phi) is 4.14. The van der Waals surface area contributed by atoms with Crippen molar-refractivity contribution in [2.75, 3.05) is 5.32 Å². The molecule has 2 heteroatoms. The minimum absolute atomic E-state index is 0.0528. The van der Waals surface area contributed by atoms with Crippen LogP contribution in [0.1, 0.15) is 23.6 Å². The van der Waals surface area contributed by atoms with Gasteiger partial charge in [-0.25, -0.2) is 0 Å². The molecular formula is C17H17NO. The Balaban J connectivity index is 2.06. The van der Waals surface area contributed by atoms with E-state index in [9.17, 15) is 4.79 Å². The molecule has 96 valence electrons. The number of rotatable bonds is 3. The molecule has 2 aromatic carbocycles. The standard InChI is InChI=1S/C17H17NO/c1-13-3-5-15(6-4-13)7-8-16-9-11-17(12-10-16)18-14(2)19/h3-12H,1-2H3,(H,18,19)/b8-7+. The fraction of sp³-hybridized carbons (Fsp3) is 0.118. The highest BCUT2D eigenvalue weighted by molar-refractivity contribution is 5.88. The second kappa shape index (κ2) is 6.01. The molecule has 0 spiro atoms. The molecule has 0 aliphatic rings. The summed E-state index contributed by atoms with van der Waals surface area (Å²) < 4.78 is 0. The summed E-state index contributed by atoms with van der Waals surface area (Å²) in [6.07, 6.45) is 4.13. The summed E-state index contributed by atoms with van der Waals surface area (Å²) in [5.74, 6) is -0.0528. The van der Waals surface area contributed by atoms with Crippen LogP contribution >= 0.6 is 0 Å². The van der Waals surface area contributed by atoms with Gasteiger partial charge in [0, 0.05) is 12.6 Å². The number of hydrogen-bond donors (Lipinski definition) is 1. The molecule has 0 heterocycles. The molecule has 0 saturated heterocycles. The smallest absolute Gasteiger partial charge is 0.221 e. The summed E-state index contributed by atoms with van der Waals surface area (Å²) in [4.78, 5) is 10.9. The van der Waals surface area contributed by atoms with Crippen LogP contribution in [0.5, 0.6) is 0 Å². The first-order valence-corrected chi connectivity index (χ1v) is 6.26. The lowest BCUT2D eigenvalue weighted by Crippen LogP contribution is -2.05. The van der Waals surface area contributed by atoms with Crippen LogP contribution in [0.2, 0.25) is 0 Å². The van der Waals surface area contributed by atoms with Crippen LogP contribution in [0.4, 0.5) is 5.69 Å². The monoisotopic (exact) mass is 251 g/mol. The normalized spacial score (nSPS) is 10.6. The SMILES string of the molecule is CC(=O)Nc1ccc(/C=C/c2ccc(C)cc2)cc1. The lowest BCUT2D eigenvalue weighted by molar-refractivity contribution is -0.114. The van der Waals surface area contributed by atoms with Crippen molar-refractivity contribution in [3.63, 3.8) is 0 Å². The third-order valence-corrected chi connectivity index (χ3v) is 2.78. The molecule has 2 aromatic rings. The fourth-order valence-corrected chi connectivity index (χ4v) is 1.75. The van der Waals surface area contributed by atoms with E-state index in [0.717, 1.165) is 11.3 Å². The average molecular weight is 251 g/mol. The van der Waals surface area contributed by atoms with Gasteiger partial charge in [-0.2, -0.15) is 0 Å². The quantitative estimate of drug-likeness (QED) is 0.817. The third kappa shape index (κ3) is 4.11. The van der Waals surface area contributed by atoms with Crippen LogP contribution in [0.15, 0.2) is 48.5 Å². The topological polar surface area (TPSA) is 29.1 Å². The van der Waals surface area contributed by atoms with E-state index in [2.05, 4.69) is 48.7 Å². The third-order valence-electron chi connectivity index (χ3n) is 2.78. The molecule has 2 rings (SSSR count). The molecule has 0 aliphatic heterocycles. The largest absolute Gasteiger partial charge is 0.326 e. The zero-order valence-corrected chi connectivity index (χ0v) is 11.2. The Morgan fingerprint density at radius 2 is 1.37 bits per heavy atom. The molecule has 0 fully saturated rings. The molecule has 0 radical (unpaired) electrons. The highest BCUT2D eigenvalue weighted by atomic mass is 16.1. The van der Waals surface area contributed by atoms with Crippen molar-refractivity contribution < 1.29 is 4.79 Å². The van der Waals surface area contributed by atoms with Gasteiger partial charge in [0.2, 0.25) is 5.91 Å². The van der Waals surface area contributed by atoms with Crippen LogP contribution in [0.3, 0.4) is 0 Å². The second-order valence-corrected chi connectivity index (χ2v) is 4.55. The van der Waals surface area contributed by atoms with E-state index in [1.807, 2.05) is 24.3 Å². The number of aryl methyl sites for hydroxylation is 1. The number of benzene rings is 2. The Morgan fingerprint density at radius 3 is 1.84 bits per heavy atom. The van der Waals surface area contributed by atoms with Gasteiger partial charge in [-0.1, -0.05) is 54.1 Å². The Labute approximate surface area is 113 Å². The van der Waals surface area contributed by atoms with E-state index >= 15 is 0 Å². The first-order valence-electron chi connectivity index (χ1n) is 6.26. The fourth-order valence-electron chi connectivity index (χ4n) is 1.75. The summed E-state index contributed by atoms with van der Waals surface area (Å²) in [7, 11) is 0. The minimum Gasteiger partial charge on any atom is -0.326 e. The van der Waals surface area contributed by atoms with Crippen molar-refractivity contribution in [2.45, 2.75) is 13.8 Å². The highest BCUT2D eigenvalue weighted by Gasteiger charge is 1.94. The lowest BCUT2D eigenvalue weighted by atomic mass is 10.1. The van der Waals surface area contributed by atoms with Gasteiger partial charge in [-0.05, 0) is 30.2 Å². The van der Waals surface area contributed by atoms with Gasteiger partial charge in [0.25, 0.3) is 0 Å². The maximum absolute atomic E-state index is 10.9. The molecule has 1 amide bonds. The molecule has 0 bridgehead atoms. The molecular weight excluding hydrogens is 234 g/mol. The predicted octanol–water partition coefficient (Wildman–Crippen LogP) is 4.12. The summed E-state index contributed by atoms with van der Waals surface area (Å²) in [5.41, 5.74) is 4.36. The molecule has 1 N–H and O–H groups in total. The first-order chi connectivity index (χ1) is 9.13. The summed E-state index contributed by atoms with van der Waals surface area (Å²) in [5, 5.41) is 2.75. The van der Waals surface area contributed by atoms with Crippen molar-refractivity contribution in [1.29, 1.82) is 0 Å². The predicted molar refractivity (Wildman–Crippen MR) is 80.9 cm³/mol. The van der Waals surface area contributed by atoms with Crippen LogP contribution in [-0.4, -0.2) is 5.91 Å². The highest BCUT2D eigenvalue weighted by Crippen LogP contribution is 2.13. The van der Waals surface area contributed by atoms with Gasteiger partial charge in [-0.3, -0.25) is 4.79 Å². The van der Waals surface area contributed by atoms with Gasteiger partial charge in [0.15, 0.2) is 0 Å². The van der Waals surface area contributed by atoms with Crippen molar-refractivity contribution >= 4 is 23.7 Å². The number of anilines is 1. The molecule has 0 aromatic heterocycles. The van der Waals surface area contributed by atoms with E-state index in [4.69, 9.17) is 0 Å². The lowest BCUT2D eigenvalue weighted by Gasteiger charge is -2.01. The van der Waals surface area contributed by atoms with E-state index in [0.29, 0.717) is 0 Å². The van der Waals surface area contributed by atoms with E-state index in [-0.39, 0.29) is 5.91 Å². The van der Waals surface area contributed by atoms with Crippen molar-refractivity contribution in [3.05, 3.63) is 65.2 Å². The Morgan fingerprint density at radius 1 is 0.895 bits per heavy atom. The maximum atomic E-state index is 10.9. The van der Waals surface area contributed by atoms with Gasteiger partial charge < -0.3 is 5.32 Å². The van der Waals surface area contributed by atoms with E-state index in [1.165, 1.54) is 18.1 Å². The van der Waals surface area contributed by atoms with Crippen molar-refractivity contribution in [3.8, 4) is 0 Å². The van der Waals surface area contributed by atoms with Crippen molar-refractivity contribution in [2.24, 2.45) is 0 Å². The average Bonchev–Trinajstić information content (AvgIpc) is 2.39. The second-order valence-electron chi connectivity index (χ2n) is 4.55. The van der Waals surface area contributed by atoms with Crippen LogP contribution in [-0.2, 0) is 4.79 Å². The summed E-state index contributed by atoms with van der Waals surface area (Å²) in [6, 6.07) is 16.1. The van der Waals surface area contributed by atoms with Gasteiger partial charge in [0.1, 0.15) is 0 Å². The van der Waals surface area contributed by atoms with Crippen LogP contribution < -0.4 is 5.32 Å². The Hall–Kier alpha value is -2.35. The molecule has 0 atom stereocenters. The molecule has 0 aliphatic carbocycles.